The predicted molar refractivity (Wildman–Crippen MR) is 79.3 cm³/mol. The lowest BCUT2D eigenvalue weighted by Gasteiger charge is -2.16. The van der Waals surface area contributed by atoms with Crippen LogP contribution in [-0.2, 0) is 14.3 Å². The minimum Gasteiger partial charge on any atom is -0.441 e. The number of rotatable bonds is 5. The number of hydrogen-bond acceptors (Lipinski definition) is 4. The molecule has 2 unspecified atom stereocenters. The quantitative estimate of drug-likeness (QED) is 0.674. The lowest BCUT2D eigenvalue weighted by atomic mass is 9.98. The fourth-order valence-corrected chi connectivity index (χ4v) is 2.04. The van der Waals surface area contributed by atoms with E-state index in [1.807, 2.05) is 6.07 Å². The van der Waals surface area contributed by atoms with Gasteiger partial charge in [0, 0.05) is 5.56 Å². The van der Waals surface area contributed by atoms with Crippen LogP contribution >= 0.6 is 0 Å². The van der Waals surface area contributed by atoms with Crippen LogP contribution in [0.2, 0.25) is 0 Å². The van der Waals surface area contributed by atoms with Crippen molar-refractivity contribution in [1.29, 1.82) is 5.26 Å². The number of benzene rings is 2. The second kappa shape index (κ2) is 7.04. The van der Waals surface area contributed by atoms with Gasteiger partial charge in [0.15, 0.2) is 5.92 Å². The molecule has 0 spiro atoms. The zero-order valence-corrected chi connectivity index (χ0v) is 11.7. The Kier molecular flexibility index (Phi) is 4.89. The lowest BCUT2D eigenvalue weighted by Crippen LogP contribution is -2.30. The molecule has 5 heteroatoms. The zero-order chi connectivity index (χ0) is 15.9. The second-order valence-electron chi connectivity index (χ2n) is 4.60. The molecule has 0 radical (unpaired) electrons. The van der Waals surface area contributed by atoms with Gasteiger partial charge in [-0.05, 0) is 5.56 Å². The highest BCUT2D eigenvalue weighted by molar-refractivity contribution is 6.02. The number of nitriles is 1. The number of nitrogens with two attached hydrogens (primary N) is 1. The number of carbonyl (C=O) groups excluding carboxylic acids is 2. The van der Waals surface area contributed by atoms with E-state index in [9.17, 15) is 14.9 Å². The van der Waals surface area contributed by atoms with E-state index in [0.717, 1.165) is 0 Å². The summed E-state index contributed by atoms with van der Waals surface area (Å²) in [6, 6.07) is 18.9. The third-order valence-corrected chi connectivity index (χ3v) is 3.11. The molecular weight excluding hydrogens is 280 g/mol. The molecule has 22 heavy (non-hydrogen) atoms. The molecule has 0 fully saturated rings. The third kappa shape index (κ3) is 3.49. The highest BCUT2D eigenvalue weighted by Crippen LogP contribution is 2.22. The Hall–Kier alpha value is -3.13. The zero-order valence-electron chi connectivity index (χ0n) is 11.7. The van der Waals surface area contributed by atoms with Crippen LogP contribution in [0, 0.1) is 11.3 Å². The van der Waals surface area contributed by atoms with Gasteiger partial charge in [0.05, 0.1) is 0 Å². The van der Waals surface area contributed by atoms with Crippen LogP contribution in [-0.4, -0.2) is 11.9 Å². The fraction of sp³-hybridized carbons (Fsp3) is 0.118. The second-order valence-corrected chi connectivity index (χ2v) is 4.60. The summed E-state index contributed by atoms with van der Waals surface area (Å²) in [5.41, 5.74) is 6.27. The number of nitrogens with zero attached hydrogens (tertiary/aromatic N) is 1. The molecule has 2 rings (SSSR count). The standard InChI is InChI=1S/C17H14N2O3/c18-11-14(12-7-3-1-4-8-12)22-17(21)15(16(19)20)13-9-5-2-6-10-13/h1-10,14-15H,(H2,19,20). The van der Waals surface area contributed by atoms with Crippen molar-refractivity contribution >= 4 is 11.9 Å². The van der Waals surface area contributed by atoms with Gasteiger partial charge in [-0.2, -0.15) is 5.26 Å². The van der Waals surface area contributed by atoms with E-state index in [1.54, 1.807) is 60.7 Å². The van der Waals surface area contributed by atoms with E-state index in [-0.39, 0.29) is 0 Å². The first-order valence-electron chi connectivity index (χ1n) is 6.63. The van der Waals surface area contributed by atoms with Crippen LogP contribution < -0.4 is 5.73 Å². The summed E-state index contributed by atoms with van der Waals surface area (Å²) in [5, 5.41) is 9.18. The first kappa shape index (κ1) is 15.3. The summed E-state index contributed by atoms with van der Waals surface area (Å²) in [4.78, 5) is 23.8. The third-order valence-electron chi connectivity index (χ3n) is 3.11. The van der Waals surface area contributed by atoms with Gasteiger partial charge >= 0.3 is 5.97 Å². The molecule has 2 aromatic carbocycles. The van der Waals surface area contributed by atoms with Crippen molar-refractivity contribution < 1.29 is 14.3 Å². The average molecular weight is 294 g/mol. The van der Waals surface area contributed by atoms with Crippen molar-refractivity contribution in [3.8, 4) is 6.07 Å². The van der Waals surface area contributed by atoms with Crippen molar-refractivity contribution in [1.82, 2.24) is 0 Å². The van der Waals surface area contributed by atoms with Gasteiger partial charge in [-0.3, -0.25) is 9.59 Å². The van der Waals surface area contributed by atoms with Gasteiger partial charge < -0.3 is 10.5 Å². The number of hydrogen-bond donors (Lipinski definition) is 1. The van der Waals surface area contributed by atoms with E-state index in [0.29, 0.717) is 11.1 Å². The van der Waals surface area contributed by atoms with Crippen molar-refractivity contribution in [3.05, 3.63) is 71.8 Å². The van der Waals surface area contributed by atoms with E-state index >= 15 is 0 Å². The van der Waals surface area contributed by atoms with Crippen LogP contribution in [0.5, 0.6) is 0 Å². The monoisotopic (exact) mass is 294 g/mol. The molecular formula is C17H14N2O3. The van der Waals surface area contributed by atoms with E-state index in [2.05, 4.69) is 0 Å². The molecule has 0 aliphatic carbocycles. The molecule has 0 saturated carbocycles. The summed E-state index contributed by atoms with van der Waals surface area (Å²) < 4.78 is 5.16. The number of carbonyl (C=O) groups is 2. The Labute approximate surface area is 127 Å². The molecule has 0 heterocycles. The van der Waals surface area contributed by atoms with E-state index in [1.165, 1.54) is 0 Å². The molecule has 0 bridgehead atoms. The van der Waals surface area contributed by atoms with Crippen molar-refractivity contribution in [2.24, 2.45) is 5.73 Å². The van der Waals surface area contributed by atoms with Gasteiger partial charge in [-0.25, -0.2) is 0 Å². The van der Waals surface area contributed by atoms with Gasteiger partial charge in [-0.1, -0.05) is 60.7 Å². The summed E-state index contributed by atoms with van der Waals surface area (Å²) in [5.74, 6) is -2.89. The number of esters is 1. The van der Waals surface area contributed by atoms with Crippen LogP contribution in [0.4, 0.5) is 0 Å². The molecule has 0 aliphatic heterocycles. The molecule has 0 aliphatic rings. The Morgan fingerprint density at radius 3 is 1.91 bits per heavy atom. The minimum atomic E-state index is -1.24. The van der Waals surface area contributed by atoms with E-state index in [4.69, 9.17) is 10.5 Å². The number of primary amides is 1. The van der Waals surface area contributed by atoms with Gasteiger partial charge in [-0.15, -0.1) is 0 Å². The van der Waals surface area contributed by atoms with Gasteiger partial charge in [0.1, 0.15) is 6.07 Å². The molecule has 1 amide bonds. The molecule has 2 aromatic rings. The maximum atomic E-state index is 12.3. The Morgan fingerprint density at radius 2 is 1.45 bits per heavy atom. The first-order chi connectivity index (χ1) is 10.6. The Bertz CT molecular complexity index is 693. The number of amides is 1. The molecule has 110 valence electrons. The smallest absolute Gasteiger partial charge is 0.324 e. The maximum Gasteiger partial charge on any atom is 0.324 e. The predicted octanol–water partition coefficient (Wildman–Crippen LogP) is 2.06. The van der Waals surface area contributed by atoms with Crippen LogP contribution in [0.3, 0.4) is 0 Å². The summed E-state index contributed by atoms with van der Waals surface area (Å²) >= 11 is 0. The Morgan fingerprint density at radius 1 is 0.955 bits per heavy atom. The van der Waals surface area contributed by atoms with Crippen molar-refractivity contribution in [2.75, 3.05) is 0 Å². The molecule has 0 aromatic heterocycles. The fourth-order valence-electron chi connectivity index (χ4n) is 2.04. The lowest BCUT2D eigenvalue weighted by molar-refractivity contribution is -0.151. The molecule has 0 saturated heterocycles. The van der Waals surface area contributed by atoms with Gasteiger partial charge in [0.2, 0.25) is 12.0 Å². The summed E-state index contributed by atoms with van der Waals surface area (Å²) in [6.07, 6.45) is -1.08. The molecule has 5 nitrogen and oxygen atoms in total. The molecule has 2 atom stereocenters. The topological polar surface area (TPSA) is 93.2 Å². The summed E-state index contributed by atoms with van der Waals surface area (Å²) in [6.45, 7) is 0. The Balaban J connectivity index is 2.22. The van der Waals surface area contributed by atoms with Crippen molar-refractivity contribution in [2.45, 2.75) is 12.0 Å². The van der Waals surface area contributed by atoms with Crippen LogP contribution in [0.1, 0.15) is 23.1 Å². The first-order valence-corrected chi connectivity index (χ1v) is 6.63. The maximum absolute atomic E-state index is 12.3. The number of ether oxygens (including phenoxy) is 1. The highest BCUT2D eigenvalue weighted by atomic mass is 16.5. The minimum absolute atomic E-state index is 0.435. The largest absolute Gasteiger partial charge is 0.441 e. The highest BCUT2D eigenvalue weighted by Gasteiger charge is 2.30. The van der Waals surface area contributed by atoms with Gasteiger partial charge in [0.25, 0.3) is 0 Å². The SMILES string of the molecule is N#CC(OC(=O)C(C(N)=O)c1ccccc1)c1ccccc1. The molecule has 2 N–H and O–H groups in total. The summed E-state index contributed by atoms with van der Waals surface area (Å²) in [7, 11) is 0. The van der Waals surface area contributed by atoms with Crippen molar-refractivity contribution in [3.63, 3.8) is 0 Å². The van der Waals surface area contributed by atoms with E-state index < -0.39 is 23.9 Å². The van der Waals surface area contributed by atoms with Crippen LogP contribution in [0.15, 0.2) is 60.7 Å². The average Bonchev–Trinajstić information content (AvgIpc) is 2.54. The normalized spacial score (nSPS) is 12.7. The van der Waals surface area contributed by atoms with Crippen LogP contribution in [0.25, 0.3) is 0 Å².